The molecule has 0 fully saturated rings. The van der Waals surface area contributed by atoms with Gasteiger partial charge >= 0.3 is 0 Å². The van der Waals surface area contributed by atoms with Crippen LogP contribution in [0.25, 0.3) is 16.6 Å². The molecule has 0 saturated heterocycles. The summed E-state index contributed by atoms with van der Waals surface area (Å²) in [5, 5.41) is 9.09. The molecule has 4 rings (SSSR count). The Bertz CT molecular complexity index is 1070. The molecular weight excluding hydrogens is 326 g/mol. The lowest BCUT2D eigenvalue weighted by Gasteiger charge is -2.07. The van der Waals surface area contributed by atoms with Gasteiger partial charge in [0.1, 0.15) is 17.1 Å². The molecule has 6 nitrogen and oxygen atoms in total. The van der Waals surface area contributed by atoms with E-state index < -0.39 is 0 Å². The molecule has 0 aliphatic rings. The quantitative estimate of drug-likeness (QED) is 0.583. The Morgan fingerprint density at radius 3 is 2.54 bits per heavy atom. The largest absolute Gasteiger partial charge is 0.497 e. The zero-order valence-electron chi connectivity index (χ0n) is 14.6. The molecule has 0 unspecified atom stereocenters. The van der Waals surface area contributed by atoms with Crippen molar-refractivity contribution in [2.75, 3.05) is 18.2 Å². The minimum atomic E-state index is 0.434. The average Bonchev–Trinajstić information content (AvgIpc) is 3.04. The first-order valence-corrected chi connectivity index (χ1v) is 8.27. The van der Waals surface area contributed by atoms with Crippen LogP contribution in [0.4, 0.5) is 17.3 Å². The molecule has 130 valence electrons. The first-order valence-electron chi connectivity index (χ1n) is 8.27. The highest BCUT2D eigenvalue weighted by Gasteiger charge is 2.15. The van der Waals surface area contributed by atoms with Gasteiger partial charge < -0.3 is 15.8 Å². The van der Waals surface area contributed by atoms with E-state index in [0.29, 0.717) is 5.82 Å². The molecule has 3 N–H and O–H groups in total. The molecular formula is C20H19N5O. The average molecular weight is 345 g/mol. The Labute approximate surface area is 151 Å². The summed E-state index contributed by atoms with van der Waals surface area (Å²) in [6.45, 7) is 2.06. The van der Waals surface area contributed by atoms with Crippen LogP contribution in [0.2, 0.25) is 0 Å². The van der Waals surface area contributed by atoms with E-state index in [0.717, 1.165) is 39.4 Å². The van der Waals surface area contributed by atoms with Crippen molar-refractivity contribution in [2.24, 2.45) is 0 Å². The van der Waals surface area contributed by atoms with Crippen LogP contribution in [0, 0.1) is 6.92 Å². The normalized spacial score (nSPS) is 10.8. The van der Waals surface area contributed by atoms with Gasteiger partial charge in [-0.3, -0.25) is 0 Å². The van der Waals surface area contributed by atoms with Crippen molar-refractivity contribution in [1.82, 2.24) is 14.8 Å². The van der Waals surface area contributed by atoms with Gasteiger partial charge in [0.05, 0.1) is 18.2 Å². The second-order valence-corrected chi connectivity index (χ2v) is 5.99. The van der Waals surface area contributed by atoms with Crippen LogP contribution >= 0.6 is 0 Å². The van der Waals surface area contributed by atoms with E-state index in [1.54, 1.807) is 18.0 Å². The number of fused-ring (bicyclic) bond motifs is 1. The highest BCUT2D eigenvalue weighted by Crippen LogP contribution is 2.31. The molecule has 0 bridgehead atoms. The molecule has 0 spiro atoms. The number of nitrogens with one attached hydrogen (secondary N) is 1. The number of nitrogens with zero attached hydrogens (tertiary/aromatic N) is 3. The van der Waals surface area contributed by atoms with Crippen molar-refractivity contribution >= 4 is 28.2 Å². The summed E-state index contributed by atoms with van der Waals surface area (Å²) >= 11 is 0. The number of rotatable bonds is 4. The van der Waals surface area contributed by atoms with Crippen LogP contribution < -0.4 is 15.8 Å². The molecule has 2 heterocycles. The van der Waals surface area contributed by atoms with Crippen LogP contribution in [-0.2, 0) is 0 Å². The number of benzene rings is 2. The zero-order valence-corrected chi connectivity index (χ0v) is 14.6. The highest BCUT2D eigenvalue weighted by atomic mass is 16.5. The van der Waals surface area contributed by atoms with Crippen molar-refractivity contribution < 1.29 is 4.74 Å². The molecule has 0 saturated carbocycles. The third-order valence-corrected chi connectivity index (χ3v) is 4.33. The first kappa shape index (κ1) is 16.0. The number of methoxy groups -OCH3 is 1. The number of anilines is 3. The number of para-hydroxylation sites is 1. The molecule has 2 aromatic carbocycles. The number of hydrogen-bond donors (Lipinski definition) is 2. The Balaban J connectivity index is 1.87. The van der Waals surface area contributed by atoms with Crippen LogP contribution in [0.5, 0.6) is 5.75 Å². The molecule has 0 amide bonds. The number of nitrogen functional groups attached to an aromatic ring is 1. The maximum absolute atomic E-state index is 6.16. The summed E-state index contributed by atoms with van der Waals surface area (Å²) in [6.07, 6.45) is 1.70. The summed E-state index contributed by atoms with van der Waals surface area (Å²) in [7, 11) is 1.64. The van der Waals surface area contributed by atoms with Crippen molar-refractivity contribution in [1.29, 1.82) is 0 Å². The first-order chi connectivity index (χ1) is 12.7. The van der Waals surface area contributed by atoms with Gasteiger partial charge in [-0.1, -0.05) is 18.2 Å². The Morgan fingerprint density at radius 2 is 1.81 bits per heavy atom. The molecule has 0 radical (unpaired) electrons. The fourth-order valence-corrected chi connectivity index (χ4v) is 2.93. The Kier molecular flexibility index (Phi) is 3.93. The van der Waals surface area contributed by atoms with E-state index in [1.165, 1.54) is 0 Å². The summed E-state index contributed by atoms with van der Waals surface area (Å²) in [5.41, 5.74) is 9.96. The monoisotopic (exact) mass is 345 g/mol. The topological polar surface area (TPSA) is 78.0 Å². The number of nitrogens with two attached hydrogens (primary N) is 1. The van der Waals surface area contributed by atoms with E-state index in [1.807, 2.05) is 48.5 Å². The Morgan fingerprint density at radius 1 is 1.04 bits per heavy atom. The third kappa shape index (κ3) is 2.71. The summed E-state index contributed by atoms with van der Waals surface area (Å²) < 4.78 is 7.04. The molecule has 26 heavy (non-hydrogen) atoms. The highest BCUT2D eigenvalue weighted by molar-refractivity contribution is 5.98. The third-order valence-electron chi connectivity index (χ3n) is 4.33. The van der Waals surface area contributed by atoms with Crippen LogP contribution in [0.3, 0.4) is 0 Å². The number of aromatic nitrogens is 3. The smallest absolute Gasteiger partial charge is 0.161 e. The predicted octanol–water partition coefficient (Wildman–Crippen LogP) is 4.06. The van der Waals surface area contributed by atoms with E-state index in [2.05, 4.69) is 23.3 Å². The van der Waals surface area contributed by atoms with Crippen molar-refractivity contribution in [3.05, 3.63) is 66.4 Å². The van der Waals surface area contributed by atoms with E-state index in [-0.39, 0.29) is 0 Å². The van der Waals surface area contributed by atoms with Gasteiger partial charge in [-0.25, -0.2) is 9.67 Å². The molecule has 0 atom stereocenters. The summed E-state index contributed by atoms with van der Waals surface area (Å²) in [6, 6.07) is 17.7. The van der Waals surface area contributed by atoms with Crippen molar-refractivity contribution in [3.8, 4) is 11.4 Å². The molecule has 4 aromatic rings. The minimum absolute atomic E-state index is 0.434. The maximum atomic E-state index is 6.16. The van der Waals surface area contributed by atoms with E-state index >= 15 is 0 Å². The molecule has 2 aromatic heterocycles. The molecule has 0 aliphatic carbocycles. The standard InChI is InChI=1S/C20H19N5O/c1-13-5-3-4-6-17(13)23-20-16-11-12-22-19(21)18(16)25(24-20)14-7-9-15(26-2)10-8-14/h3-12H,1-2H3,(H2,21,22)(H,23,24). The van der Waals surface area contributed by atoms with Crippen LogP contribution in [0.1, 0.15) is 5.56 Å². The lowest BCUT2D eigenvalue weighted by atomic mass is 10.2. The minimum Gasteiger partial charge on any atom is -0.497 e. The van der Waals surface area contributed by atoms with Gasteiger partial charge in [-0.2, -0.15) is 0 Å². The van der Waals surface area contributed by atoms with Gasteiger partial charge in [-0.15, -0.1) is 5.10 Å². The van der Waals surface area contributed by atoms with Gasteiger partial charge in [0.15, 0.2) is 5.82 Å². The second-order valence-electron chi connectivity index (χ2n) is 5.99. The second kappa shape index (κ2) is 6.40. The fourth-order valence-electron chi connectivity index (χ4n) is 2.93. The molecule has 6 heteroatoms. The number of aryl methyl sites for hydroxylation is 1. The SMILES string of the molecule is COc1ccc(-n2nc(Nc3ccccc3C)c3ccnc(N)c32)cc1. The van der Waals surface area contributed by atoms with Crippen LogP contribution in [-0.4, -0.2) is 21.9 Å². The summed E-state index contributed by atoms with van der Waals surface area (Å²) in [5.74, 6) is 1.96. The van der Waals surface area contributed by atoms with Gasteiger partial charge in [0.2, 0.25) is 0 Å². The fraction of sp³-hybridized carbons (Fsp3) is 0.100. The molecule has 0 aliphatic heterocycles. The lowest BCUT2D eigenvalue weighted by Crippen LogP contribution is -2.00. The lowest BCUT2D eigenvalue weighted by molar-refractivity contribution is 0.414. The summed E-state index contributed by atoms with van der Waals surface area (Å²) in [4.78, 5) is 4.23. The van der Waals surface area contributed by atoms with Gasteiger partial charge in [0, 0.05) is 11.9 Å². The van der Waals surface area contributed by atoms with Gasteiger partial charge in [-0.05, 0) is 48.9 Å². The number of ether oxygens (including phenoxy) is 1. The van der Waals surface area contributed by atoms with Gasteiger partial charge in [0.25, 0.3) is 0 Å². The van der Waals surface area contributed by atoms with E-state index in [4.69, 9.17) is 15.6 Å². The number of pyridine rings is 1. The zero-order chi connectivity index (χ0) is 18.1. The number of hydrogen-bond acceptors (Lipinski definition) is 5. The van der Waals surface area contributed by atoms with Crippen LogP contribution in [0.15, 0.2) is 60.8 Å². The van der Waals surface area contributed by atoms with E-state index in [9.17, 15) is 0 Å². The Hall–Kier alpha value is -3.54. The van der Waals surface area contributed by atoms with Crippen molar-refractivity contribution in [3.63, 3.8) is 0 Å². The van der Waals surface area contributed by atoms with Crippen molar-refractivity contribution in [2.45, 2.75) is 6.92 Å². The predicted molar refractivity (Wildman–Crippen MR) is 104 cm³/mol. The maximum Gasteiger partial charge on any atom is 0.161 e.